The number of alkyl halides is 3. The van der Waals surface area contributed by atoms with Crippen molar-refractivity contribution in [2.75, 3.05) is 20.1 Å². The lowest BCUT2D eigenvalue weighted by atomic mass is 9.90. The Bertz CT molecular complexity index is 640. The van der Waals surface area contributed by atoms with E-state index in [1.807, 2.05) is 14.0 Å². The largest absolute Gasteiger partial charge is 0.416 e. The van der Waals surface area contributed by atoms with E-state index in [2.05, 4.69) is 10.2 Å². The van der Waals surface area contributed by atoms with Crippen LogP contribution in [0.3, 0.4) is 0 Å². The number of piperidine rings is 1. The molecule has 0 unspecified atom stereocenters. The second-order valence-corrected chi connectivity index (χ2v) is 7.43. The summed E-state index contributed by atoms with van der Waals surface area (Å²) in [5, 5.41) is 3.06. The zero-order valence-corrected chi connectivity index (χ0v) is 14.0. The molecule has 2 fully saturated rings. The number of hydrogen-bond acceptors (Lipinski definition) is 2. The summed E-state index contributed by atoms with van der Waals surface area (Å²) in [5.41, 5.74) is -0.0900. The minimum absolute atomic E-state index is 0.0786. The highest BCUT2D eigenvalue weighted by Gasteiger charge is 2.36. The smallest absolute Gasteiger partial charge is 0.346 e. The zero-order chi connectivity index (χ0) is 17.5. The van der Waals surface area contributed by atoms with Gasteiger partial charge in [-0.1, -0.05) is 0 Å². The van der Waals surface area contributed by atoms with Gasteiger partial charge in [0.05, 0.1) is 11.1 Å². The van der Waals surface area contributed by atoms with Gasteiger partial charge in [-0.25, -0.2) is 0 Å². The van der Waals surface area contributed by atoms with E-state index in [-0.39, 0.29) is 17.4 Å². The van der Waals surface area contributed by atoms with Gasteiger partial charge in [-0.05, 0) is 75.9 Å². The molecule has 0 radical (unpaired) electrons. The molecule has 1 aromatic rings. The van der Waals surface area contributed by atoms with E-state index >= 15 is 0 Å². The number of likely N-dealkylation sites (N-methyl/N-ethyl adjacent to an activating group) is 1. The molecular weight excluding hydrogens is 317 g/mol. The first kappa shape index (κ1) is 17.3. The van der Waals surface area contributed by atoms with Crippen LogP contribution in [0.2, 0.25) is 0 Å². The molecule has 6 heteroatoms. The summed E-state index contributed by atoms with van der Waals surface area (Å²) in [6, 6.07) is 3.50. The fourth-order valence-corrected chi connectivity index (χ4v) is 3.61. The second-order valence-electron chi connectivity index (χ2n) is 7.43. The van der Waals surface area contributed by atoms with Crippen LogP contribution < -0.4 is 5.32 Å². The van der Waals surface area contributed by atoms with Gasteiger partial charge in [-0.2, -0.15) is 13.2 Å². The summed E-state index contributed by atoms with van der Waals surface area (Å²) < 4.78 is 38.9. The van der Waals surface area contributed by atoms with Crippen LogP contribution >= 0.6 is 0 Å². The van der Waals surface area contributed by atoms with Crippen molar-refractivity contribution in [3.63, 3.8) is 0 Å². The van der Waals surface area contributed by atoms with Crippen LogP contribution in [-0.4, -0.2) is 36.5 Å². The molecule has 1 aromatic carbocycles. The van der Waals surface area contributed by atoms with Gasteiger partial charge in [0.25, 0.3) is 5.91 Å². The summed E-state index contributed by atoms with van der Waals surface area (Å²) in [7, 11) is 2.01. The first-order valence-electron chi connectivity index (χ1n) is 8.40. The molecule has 1 aliphatic heterocycles. The van der Waals surface area contributed by atoms with Crippen molar-refractivity contribution in [3.8, 4) is 0 Å². The minimum Gasteiger partial charge on any atom is -0.346 e. The summed E-state index contributed by atoms with van der Waals surface area (Å²) in [4.78, 5) is 14.9. The maximum atomic E-state index is 13.0. The van der Waals surface area contributed by atoms with E-state index in [1.54, 1.807) is 0 Å². The van der Waals surface area contributed by atoms with Gasteiger partial charge in [0.2, 0.25) is 0 Å². The Morgan fingerprint density at radius 2 is 2.04 bits per heavy atom. The molecule has 1 heterocycles. The maximum absolute atomic E-state index is 13.0. The highest BCUT2D eigenvalue weighted by Crippen LogP contribution is 2.43. The Kier molecular flexibility index (Phi) is 4.36. The van der Waals surface area contributed by atoms with Gasteiger partial charge in [-0.15, -0.1) is 0 Å². The van der Waals surface area contributed by atoms with Gasteiger partial charge >= 0.3 is 6.18 Å². The minimum atomic E-state index is -4.38. The molecule has 0 spiro atoms. The Morgan fingerprint density at radius 1 is 1.33 bits per heavy atom. The van der Waals surface area contributed by atoms with Crippen molar-refractivity contribution in [1.82, 2.24) is 10.2 Å². The van der Waals surface area contributed by atoms with Gasteiger partial charge in [-0.3, -0.25) is 4.79 Å². The summed E-state index contributed by atoms with van der Waals surface area (Å²) in [5.74, 6) is -0.182. The molecule has 1 saturated heterocycles. The summed E-state index contributed by atoms with van der Waals surface area (Å²) in [6.45, 7) is 3.75. The SMILES string of the molecule is CN1CCC[C@](C)(NC(=O)c2ccc(C(F)(F)F)cc2C2CC2)C1. The zero-order valence-electron chi connectivity index (χ0n) is 14.0. The maximum Gasteiger partial charge on any atom is 0.416 e. The van der Waals surface area contributed by atoms with Gasteiger partial charge in [0.1, 0.15) is 0 Å². The standard InChI is InChI=1S/C18H23F3N2O/c1-17(8-3-9-23(2)11-17)22-16(24)14-7-6-13(18(19,20)21)10-15(14)12-4-5-12/h6-7,10,12H,3-5,8-9,11H2,1-2H3,(H,22,24)/t17-/m0/s1. The molecule has 1 atom stereocenters. The number of halogens is 3. The van der Waals surface area contributed by atoms with Crippen LogP contribution in [0.4, 0.5) is 13.2 Å². The lowest BCUT2D eigenvalue weighted by Gasteiger charge is -2.39. The molecule has 0 bridgehead atoms. The van der Waals surface area contributed by atoms with E-state index in [0.29, 0.717) is 11.1 Å². The number of nitrogens with one attached hydrogen (secondary N) is 1. The monoisotopic (exact) mass is 340 g/mol. The average Bonchev–Trinajstić information content (AvgIpc) is 3.29. The topological polar surface area (TPSA) is 32.3 Å². The lowest BCUT2D eigenvalue weighted by molar-refractivity contribution is -0.137. The van der Waals surface area contributed by atoms with Crippen LogP contribution in [0, 0.1) is 0 Å². The van der Waals surface area contributed by atoms with Crippen LogP contribution in [0.25, 0.3) is 0 Å². The van der Waals surface area contributed by atoms with E-state index in [4.69, 9.17) is 0 Å². The van der Waals surface area contributed by atoms with E-state index in [9.17, 15) is 18.0 Å². The predicted molar refractivity (Wildman–Crippen MR) is 86.0 cm³/mol. The molecular formula is C18H23F3N2O. The summed E-state index contributed by atoms with van der Waals surface area (Å²) in [6.07, 6.45) is -0.807. The van der Waals surface area contributed by atoms with Crippen LogP contribution in [0.5, 0.6) is 0 Å². The predicted octanol–water partition coefficient (Wildman–Crippen LogP) is 3.80. The Hall–Kier alpha value is -1.56. The Labute approximate surface area is 140 Å². The number of rotatable bonds is 3. The number of benzene rings is 1. The third-order valence-corrected chi connectivity index (χ3v) is 4.94. The molecule has 2 aliphatic rings. The van der Waals surface area contributed by atoms with Crippen molar-refractivity contribution < 1.29 is 18.0 Å². The van der Waals surface area contributed by atoms with E-state index in [1.165, 1.54) is 6.07 Å². The van der Waals surface area contributed by atoms with Crippen LogP contribution in [0.1, 0.15) is 60.0 Å². The fraction of sp³-hybridized carbons (Fsp3) is 0.611. The molecule has 0 aromatic heterocycles. The van der Waals surface area contributed by atoms with Gasteiger partial charge in [0, 0.05) is 12.1 Å². The molecule has 132 valence electrons. The molecule has 1 saturated carbocycles. The summed E-state index contributed by atoms with van der Waals surface area (Å²) >= 11 is 0. The molecule has 3 nitrogen and oxygen atoms in total. The molecule has 24 heavy (non-hydrogen) atoms. The normalized spacial score (nSPS) is 25.5. The van der Waals surface area contributed by atoms with Crippen LogP contribution in [-0.2, 0) is 6.18 Å². The number of hydrogen-bond donors (Lipinski definition) is 1. The third-order valence-electron chi connectivity index (χ3n) is 4.94. The molecule has 1 aliphatic carbocycles. The van der Waals surface area contributed by atoms with Gasteiger partial charge in [0.15, 0.2) is 0 Å². The van der Waals surface area contributed by atoms with Crippen molar-refractivity contribution in [2.45, 2.75) is 50.2 Å². The number of amides is 1. The van der Waals surface area contributed by atoms with E-state index in [0.717, 1.165) is 50.9 Å². The Balaban J connectivity index is 1.84. The molecule has 3 rings (SSSR count). The van der Waals surface area contributed by atoms with Crippen molar-refractivity contribution in [2.24, 2.45) is 0 Å². The molecule has 1 amide bonds. The van der Waals surface area contributed by atoms with E-state index < -0.39 is 11.7 Å². The number of carbonyl (C=O) groups excluding carboxylic acids is 1. The fourth-order valence-electron chi connectivity index (χ4n) is 3.61. The van der Waals surface area contributed by atoms with Crippen LogP contribution in [0.15, 0.2) is 18.2 Å². The number of nitrogens with zero attached hydrogens (tertiary/aromatic N) is 1. The first-order valence-corrected chi connectivity index (χ1v) is 8.40. The highest BCUT2D eigenvalue weighted by molar-refractivity contribution is 5.96. The van der Waals surface area contributed by atoms with Crippen molar-refractivity contribution in [1.29, 1.82) is 0 Å². The first-order chi connectivity index (χ1) is 11.2. The second kappa shape index (κ2) is 6.06. The third kappa shape index (κ3) is 3.74. The lowest BCUT2D eigenvalue weighted by Crippen LogP contribution is -2.55. The highest BCUT2D eigenvalue weighted by atomic mass is 19.4. The van der Waals surface area contributed by atoms with Crippen molar-refractivity contribution >= 4 is 5.91 Å². The molecule has 1 N–H and O–H groups in total. The Morgan fingerprint density at radius 3 is 2.62 bits per heavy atom. The van der Waals surface area contributed by atoms with Crippen molar-refractivity contribution in [3.05, 3.63) is 34.9 Å². The number of likely N-dealkylation sites (tertiary alicyclic amines) is 1. The average molecular weight is 340 g/mol. The van der Waals surface area contributed by atoms with Gasteiger partial charge < -0.3 is 10.2 Å². The quantitative estimate of drug-likeness (QED) is 0.908. The number of carbonyl (C=O) groups is 1.